The van der Waals surface area contributed by atoms with E-state index in [0.717, 1.165) is 49.6 Å². The molecule has 150 valence electrons. The summed E-state index contributed by atoms with van der Waals surface area (Å²) in [6, 6.07) is 8.47. The van der Waals surface area contributed by atoms with E-state index in [-0.39, 0.29) is 0 Å². The zero-order valence-corrected chi connectivity index (χ0v) is 17.0. The Labute approximate surface area is 171 Å². The van der Waals surface area contributed by atoms with E-state index in [1.165, 1.54) is 11.4 Å². The van der Waals surface area contributed by atoms with Gasteiger partial charge in [-0.15, -0.1) is 0 Å². The third-order valence-corrected chi connectivity index (χ3v) is 5.34. The number of hydrogen-bond donors (Lipinski definition) is 2. The molecule has 1 fully saturated rings. The molecule has 4 rings (SSSR count). The molecule has 7 nitrogen and oxygen atoms in total. The molecule has 0 saturated carbocycles. The Kier molecular flexibility index (Phi) is 5.55. The number of aromatic nitrogens is 2. The Morgan fingerprint density at radius 1 is 1.07 bits per heavy atom. The number of benzene rings is 1. The molecular formula is C22H27N7. The van der Waals surface area contributed by atoms with Crippen LogP contribution in [0, 0.1) is 5.41 Å². The number of aliphatic imine (C=N–C) groups is 1. The molecular weight excluding hydrogens is 362 g/mol. The summed E-state index contributed by atoms with van der Waals surface area (Å²) in [6.45, 7) is 6.45. The highest BCUT2D eigenvalue weighted by molar-refractivity contribution is 6.09. The van der Waals surface area contributed by atoms with Crippen LogP contribution in [0.3, 0.4) is 0 Å². The molecule has 0 radical (unpaired) electrons. The monoisotopic (exact) mass is 389 g/mol. The van der Waals surface area contributed by atoms with Crippen LogP contribution >= 0.6 is 0 Å². The number of nitrogens with zero attached hydrogens (tertiary/aromatic N) is 5. The van der Waals surface area contributed by atoms with Gasteiger partial charge in [0.15, 0.2) is 0 Å². The van der Waals surface area contributed by atoms with Crippen molar-refractivity contribution in [1.29, 1.82) is 5.41 Å². The summed E-state index contributed by atoms with van der Waals surface area (Å²) >= 11 is 0. The van der Waals surface area contributed by atoms with Crippen LogP contribution in [0.4, 0.5) is 11.6 Å². The first kappa shape index (κ1) is 19.1. The minimum absolute atomic E-state index is 0.629. The van der Waals surface area contributed by atoms with Crippen molar-refractivity contribution < 1.29 is 0 Å². The summed E-state index contributed by atoms with van der Waals surface area (Å²) in [6.07, 6.45) is 6.58. The zero-order valence-electron chi connectivity index (χ0n) is 17.0. The van der Waals surface area contributed by atoms with E-state index < -0.39 is 0 Å². The summed E-state index contributed by atoms with van der Waals surface area (Å²) < 4.78 is 0. The van der Waals surface area contributed by atoms with Crippen LogP contribution in [0.2, 0.25) is 0 Å². The van der Waals surface area contributed by atoms with Gasteiger partial charge in [-0.1, -0.05) is 18.2 Å². The number of hydrogen-bond acceptors (Lipinski definition) is 7. The second kappa shape index (κ2) is 8.43. The lowest BCUT2D eigenvalue weighted by Gasteiger charge is -2.38. The normalized spacial score (nSPS) is 16.5. The fourth-order valence-corrected chi connectivity index (χ4v) is 3.86. The lowest BCUT2D eigenvalue weighted by Crippen LogP contribution is -2.46. The number of allylic oxidation sites excluding steroid dienone is 1. The van der Waals surface area contributed by atoms with E-state index in [4.69, 9.17) is 5.41 Å². The zero-order chi connectivity index (χ0) is 20.2. The molecule has 0 atom stereocenters. The third kappa shape index (κ3) is 4.29. The van der Waals surface area contributed by atoms with Gasteiger partial charge in [-0.25, -0.2) is 9.97 Å². The predicted molar refractivity (Wildman–Crippen MR) is 119 cm³/mol. The maximum Gasteiger partial charge on any atom is 0.222 e. The van der Waals surface area contributed by atoms with Crippen molar-refractivity contribution in [3.63, 3.8) is 0 Å². The van der Waals surface area contributed by atoms with Crippen molar-refractivity contribution in [3.05, 3.63) is 48.4 Å². The fraction of sp³-hybridized carbons (Fsp3) is 0.364. The van der Waals surface area contributed by atoms with Crippen LogP contribution < -0.4 is 10.2 Å². The molecule has 0 bridgehead atoms. The van der Waals surface area contributed by atoms with Crippen LogP contribution in [0.15, 0.2) is 53.4 Å². The lowest BCUT2D eigenvalue weighted by atomic mass is 10.1. The number of rotatable bonds is 6. The Morgan fingerprint density at radius 3 is 2.45 bits per heavy atom. The van der Waals surface area contributed by atoms with Gasteiger partial charge in [0.2, 0.25) is 5.95 Å². The summed E-state index contributed by atoms with van der Waals surface area (Å²) in [4.78, 5) is 18.2. The number of piperazine rings is 1. The smallest absolute Gasteiger partial charge is 0.222 e. The molecule has 2 aliphatic rings. The quantitative estimate of drug-likeness (QED) is 0.742. The fourth-order valence-electron chi connectivity index (χ4n) is 3.86. The summed E-state index contributed by atoms with van der Waals surface area (Å²) in [5.41, 5.74) is 6.39. The van der Waals surface area contributed by atoms with Gasteiger partial charge < -0.3 is 20.5 Å². The van der Waals surface area contributed by atoms with Gasteiger partial charge in [0.25, 0.3) is 0 Å². The molecule has 0 unspecified atom stereocenters. The summed E-state index contributed by atoms with van der Waals surface area (Å²) in [7, 11) is 1.82. The third-order valence-electron chi connectivity index (χ3n) is 5.34. The van der Waals surface area contributed by atoms with E-state index in [1.807, 2.05) is 26.4 Å². The van der Waals surface area contributed by atoms with Crippen LogP contribution in [-0.4, -0.2) is 66.1 Å². The minimum Gasteiger partial charge on any atom is -0.370 e. The number of para-hydroxylation sites is 1. The maximum absolute atomic E-state index is 7.66. The molecule has 3 heterocycles. The predicted octanol–water partition coefficient (Wildman–Crippen LogP) is 3.08. The minimum atomic E-state index is 0.629. The van der Waals surface area contributed by atoms with Crippen molar-refractivity contribution >= 4 is 23.1 Å². The average molecular weight is 390 g/mol. The maximum atomic E-state index is 7.66. The standard InChI is InChI=1S/C22H27N7/c1-16(23)11-18-12-19(15-25-18)28-7-9-29(10-8-28)21-6-4-3-5-20(21)17-13-26-22(24-2)27-14-17/h3-6,12-14,23H,7-11,15H2,1-2H3,(H,24,26,27). The highest BCUT2D eigenvalue weighted by Crippen LogP contribution is 2.31. The van der Waals surface area contributed by atoms with Crippen molar-refractivity contribution in [1.82, 2.24) is 14.9 Å². The van der Waals surface area contributed by atoms with Gasteiger partial charge in [0.1, 0.15) is 0 Å². The van der Waals surface area contributed by atoms with E-state index in [0.29, 0.717) is 18.1 Å². The van der Waals surface area contributed by atoms with Gasteiger partial charge in [-0.05, 0) is 19.1 Å². The number of anilines is 2. The molecule has 2 aromatic rings. The molecule has 0 aliphatic carbocycles. The van der Waals surface area contributed by atoms with E-state index >= 15 is 0 Å². The average Bonchev–Trinajstić information content (AvgIpc) is 3.22. The lowest BCUT2D eigenvalue weighted by molar-refractivity contribution is 0.320. The second-order valence-electron chi connectivity index (χ2n) is 7.44. The molecule has 0 spiro atoms. The molecule has 1 aromatic heterocycles. The molecule has 2 aliphatic heterocycles. The summed E-state index contributed by atoms with van der Waals surface area (Å²) in [5, 5.41) is 10.6. The molecule has 1 aromatic carbocycles. The van der Waals surface area contributed by atoms with Crippen LogP contribution in [0.1, 0.15) is 13.3 Å². The first-order valence-corrected chi connectivity index (χ1v) is 10.0. The highest BCUT2D eigenvalue weighted by atomic mass is 15.3. The van der Waals surface area contributed by atoms with E-state index in [9.17, 15) is 0 Å². The summed E-state index contributed by atoms with van der Waals surface area (Å²) in [5.74, 6) is 0.629. The molecule has 7 heteroatoms. The van der Waals surface area contributed by atoms with Crippen molar-refractivity contribution in [2.75, 3.05) is 50.0 Å². The van der Waals surface area contributed by atoms with E-state index in [2.05, 4.69) is 60.4 Å². The molecule has 1 saturated heterocycles. The molecule has 29 heavy (non-hydrogen) atoms. The Balaban J connectivity index is 1.45. The van der Waals surface area contributed by atoms with Crippen LogP contribution in [0.25, 0.3) is 11.1 Å². The SMILES string of the molecule is CNc1ncc(-c2ccccc2N2CCN(C3=CC(CC(C)=N)=NC3)CC2)cn1. The molecule has 2 N–H and O–H groups in total. The second-order valence-corrected chi connectivity index (χ2v) is 7.44. The van der Waals surface area contributed by atoms with Gasteiger partial charge in [0.05, 0.1) is 6.54 Å². The first-order valence-electron chi connectivity index (χ1n) is 10.0. The first-order chi connectivity index (χ1) is 14.1. The highest BCUT2D eigenvalue weighted by Gasteiger charge is 2.23. The van der Waals surface area contributed by atoms with Gasteiger partial charge in [-0.2, -0.15) is 0 Å². The van der Waals surface area contributed by atoms with Gasteiger partial charge >= 0.3 is 0 Å². The van der Waals surface area contributed by atoms with Crippen molar-refractivity contribution in [3.8, 4) is 11.1 Å². The van der Waals surface area contributed by atoms with Crippen LogP contribution in [0.5, 0.6) is 0 Å². The number of nitrogens with one attached hydrogen (secondary N) is 2. The Bertz CT molecular complexity index is 938. The van der Waals surface area contributed by atoms with E-state index in [1.54, 1.807) is 0 Å². The van der Waals surface area contributed by atoms with Crippen molar-refractivity contribution in [2.45, 2.75) is 13.3 Å². The van der Waals surface area contributed by atoms with Gasteiger partial charge in [0, 0.05) is 86.0 Å². The largest absolute Gasteiger partial charge is 0.370 e. The van der Waals surface area contributed by atoms with Crippen LogP contribution in [-0.2, 0) is 0 Å². The Hall–Kier alpha value is -3.22. The Morgan fingerprint density at radius 2 is 1.76 bits per heavy atom. The topological polar surface area (TPSA) is 80.5 Å². The molecule has 0 amide bonds. The van der Waals surface area contributed by atoms with Gasteiger partial charge in [-0.3, -0.25) is 4.99 Å². The van der Waals surface area contributed by atoms with Crippen molar-refractivity contribution in [2.24, 2.45) is 4.99 Å².